The first-order valence-electron chi connectivity index (χ1n) is 10.4. The molecule has 2 aliphatic rings. The fraction of sp³-hybridized carbons (Fsp3) is 0.714. The molecule has 6 heteroatoms. The summed E-state index contributed by atoms with van der Waals surface area (Å²) in [5, 5.41) is 1.82. The third kappa shape index (κ3) is 3.73. The van der Waals surface area contributed by atoms with Gasteiger partial charge in [0.25, 0.3) is 5.56 Å². The fourth-order valence-electron chi connectivity index (χ4n) is 4.31. The molecule has 27 heavy (non-hydrogen) atoms. The normalized spacial score (nSPS) is 21.1. The summed E-state index contributed by atoms with van der Waals surface area (Å²) in [6.07, 6.45) is 8.08. The van der Waals surface area contributed by atoms with Crippen LogP contribution in [0, 0.1) is 5.92 Å². The van der Waals surface area contributed by atoms with Gasteiger partial charge in [-0.3, -0.25) is 9.36 Å². The van der Waals surface area contributed by atoms with E-state index in [9.17, 15) is 4.79 Å². The highest BCUT2D eigenvalue weighted by molar-refractivity contribution is 7.99. The first-order valence-corrected chi connectivity index (χ1v) is 12.2. The molecule has 0 N–H and O–H groups in total. The van der Waals surface area contributed by atoms with E-state index in [2.05, 4.69) is 25.3 Å². The topological polar surface area (TPSA) is 44.1 Å². The number of aromatic nitrogens is 2. The third-order valence-corrected chi connectivity index (χ3v) is 8.12. The number of thioether (sulfide) groups is 1. The van der Waals surface area contributed by atoms with Crippen LogP contribution in [0.15, 0.2) is 9.95 Å². The van der Waals surface area contributed by atoms with Crippen molar-refractivity contribution in [2.45, 2.75) is 89.6 Å². The van der Waals surface area contributed by atoms with E-state index in [1.807, 2.05) is 0 Å². The molecule has 1 aliphatic heterocycles. The van der Waals surface area contributed by atoms with Crippen molar-refractivity contribution in [3.05, 3.63) is 20.8 Å². The van der Waals surface area contributed by atoms with E-state index in [4.69, 9.17) is 9.72 Å². The molecular weight excluding hydrogens is 376 g/mol. The molecule has 1 fully saturated rings. The van der Waals surface area contributed by atoms with E-state index in [0.717, 1.165) is 46.8 Å². The average Bonchev–Trinajstić information content (AvgIpc) is 3.04. The molecule has 0 amide bonds. The zero-order valence-corrected chi connectivity index (χ0v) is 18.3. The summed E-state index contributed by atoms with van der Waals surface area (Å²) in [6.45, 7) is 7.20. The molecule has 0 bridgehead atoms. The summed E-state index contributed by atoms with van der Waals surface area (Å²) in [5.74, 6) is 1.47. The molecule has 0 radical (unpaired) electrons. The van der Waals surface area contributed by atoms with Crippen molar-refractivity contribution < 1.29 is 4.74 Å². The molecule has 4 nitrogen and oxygen atoms in total. The Labute approximate surface area is 169 Å². The van der Waals surface area contributed by atoms with E-state index in [-0.39, 0.29) is 11.7 Å². The molecule has 2 aromatic heterocycles. The minimum absolute atomic E-state index is 0.201. The van der Waals surface area contributed by atoms with Gasteiger partial charge in [-0.15, -0.1) is 11.3 Å². The van der Waals surface area contributed by atoms with Crippen molar-refractivity contribution in [3.63, 3.8) is 0 Å². The predicted molar refractivity (Wildman–Crippen MR) is 114 cm³/mol. The Morgan fingerprint density at radius 3 is 2.78 bits per heavy atom. The van der Waals surface area contributed by atoms with Crippen molar-refractivity contribution in [2.24, 2.45) is 5.92 Å². The van der Waals surface area contributed by atoms with E-state index < -0.39 is 0 Å². The van der Waals surface area contributed by atoms with Crippen molar-refractivity contribution in [1.82, 2.24) is 9.55 Å². The van der Waals surface area contributed by atoms with E-state index in [0.29, 0.717) is 18.6 Å². The smallest absolute Gasteiger partial charge is 0.263 e. The molecule has 0 spiro atoms. The molecule has 1 aliphatic carbocycles. The lowest BCUT2D eigenvalue weighted by molar-refractivity contribution is 0.00200. The molecular formula is C21H30N2O2S2. The molecule has 0 aromatic carbocycles. The largest absolute Gasteiger partial charge is 0.372 e. The summed E-state index contributed by atoms with van der Waals surface area (Å²) >= 11 is 3.42. The number of thiophene rings is 1. The average molecular weight is 407 g/mol. The monoisotopic (exact) mass is 406 g/mol. The van der Waals surface area contributed by atoms with Crippen LogP contribution in [0.4, 0.5) is 0 Å². The van der Waals surface area contributed by atoms with Gasteiger partial charge in [0.2, 0.25) is 0 Å². The van der Waals surface area contributed by atoms with Gasteiger partial charge in [0.05, 0.1) is 18.1 Å². The molecule has 1 unspecified atom stereocenters. The Morgan fingerprint density at radius 1 is 1.30 bits per heavy atom. The van der Waals surface area contributed by atoms with Crippen LogP contribution in [0.5, 0.6) is 0 Å². The SMILES string of the molecule is CCCSc1nc2sc3c(c2c(=O)n1C1CCCCC1)CC(C(C)C)OC3. The molecule has 3 heterocycles. The lowest BCUT2D eigenvalue weighted by Gasteiger charge is -2.27. The second-order valence-electron chi connectivity index (χ2n) is 8.19. The Bertz CT molecular complexity index is 865. The number of hydrogen-bond acceptors (Lipinski definition) is 5. The number of ether oxygens (including phenoxy) is 1. The van der Waals surface area contributed by atoms with Crippen LogP contribution in [0.3, 0.4) is 0 Å². The molecule has 0 saturated heterocycles. The molecule has 148 valence electrons. The predicted octanol–water partition coefficient (Wildman–Crippen LogP) is 5.56. The van der Waals surface area contributed by atoms with Crippen LogP contribution in [0.1, 0.15) is 75.8 Å². The lowest BCUT2D eigenvalue weighted by Crippen LogP contribution is -2.31. The van der Waals surface area contributed by atoms with E-state index in [1.165, 1.54) is 29.7 Å². The second kappa shape index (κ2) is 8.26. The molecule has 1 atom stereocenters. The highest BCUT2D eigenvalue weighted by Gasteiger charge is 2.30. The van der Waals surface area contributed by atoms with Crippen LogP contribution in [0.25, 0.3) is 10.2 Å². The maximum atomic E-state index is 13.7. The quantitative estimate of drug-likeness (QED) is 0.481. The summed E-state index contributed by atoms with van der Waals surface area (Å²) in [7, 11) is 0. The highest BCUT2D eigenvalue weighted by Crippen LogP contribution is 2.37. The lowest BCUT2D eigenvalue weighted by atomic mass is 9.94. The minimum atomic E-state index is 0.201. The van der Waals surface area contributed by atoms with E-state index >= 15 is 0 Å². The Kier molecular flexibility index (Phi) is 5.95. The summed E-state index contributed by atoms with van der Waals surface area (Å²) in [5.41, 5.74) is 1.42. The summed E-state index contributed by atoms with van der Waals surface area (Å²) in [6, 6.07) is 0.318. The molecule has 4 rings (SSSR count). The van der Waals surface area contributed by atoms with Gasteiger partial charge in [-0.1, -0.05) is 51.8 Å². The number of hydrogen-bond donors (Lipinski definition) is 0. The van der Waals surface area contributed by atoms with E-state index in [1.54, 1.807) is 23.1 Å². The fourth-order valence-corrected chi connectivity index (χ4v) is 6.39. The van der Waals surface area contributed by atoms with Gasteiger partial charge < -0.3 is 4.74 Å². The third-order valence-electron chi connectivity index (χ3n) is 5.86. The second-order valence-corrected chi connectivity index (χ2v) is 10.3. The van der Waals surface area contributed by atoms with Gasteiger partial charge in [-0.25, -0.2) is 4.98 Å². The van der Waals surface area contributed by atoms with Crippen molar-refractivity contribution in [2.75, 3.05) is 5.75 Å². The van der Waals surface area contributed by atoms with Crippen LogP contribution >= 0.6 is 23.1 Å². The van der Waals surface area contributed by atoms with Gasteiger partial charge >= 0.3 is 0 Å². The van der Waals surface area contributed by atoms with Crippen LogP contribution < -0.4 is 5.56 Å². The van der Waals surface area contributed by atoms with Gasteiger partial charge in [-0.2, -0.15) is 0 Å². The Hall–Kier alpha value is -0.850. The van der Waals surface area contributed by atoms with Gasteiger partial charge in [0.15, 0.2) is 5.16 Å². The highest BCUT2D eigenvalue weighted by atomic mass is 32.2. The van der Waals surface area contributed by atoms with Crippen molar-refractivity contribution >= 4 is 33.3 Å². The Morgan fingerprint density at radius 2 is 2.07 bits per heavy atom. The van der Waals surface area contributed by atoms with Crippen molar-refractivity contribution in [3.8, 4) is 0 Å². The number of nitrogens with zero attached hydrogens (tertiary/aromatic N) is 2. The summed E-state index contributed by atoms with van der Waals surface area (Å²) < 4.78 is 8.11. The number of rotatable bonds is 5. The van der Waals surface area contributed by atoms with Crippen LogP contribution in [-0.4, -0.2) is 21.4 Å². The maximum Gasteiger partial charge on any atom is 0.263 e. The van der Waals surface area contributed by atoms with Crippen molar-refractivity contribution in [1.29, 1.82) is 0 Å². The number of fused-ring (bicyclic) bond motifs is 3. The molecule has 1 saturated carbocycles. The first kappa shape index (κ1) is 19.5. The Balaban J connectivity index is 1.85. The zero-order chi connectivity index (χ0) is 19.0. The molecule has 2 aromatic rings. The maximum absolute atomic E-state index is 13.7. The standard InChI is InChI=1S/C21H30N2O2S2/c1-4-10-26-21-22-19-18(20(24)23(21)14-8-6-5-7-9-14)15-11-16(13(2)3)25-12-17(15)27-19/h13-14,16H,4-12H2,1-3H3. The summed E-state index contributed by atoms with van der Waals surface area (Å²) in [4.78, 5) is 20.8. The first-order chi connectivity index (χ1) is 13.1. The van der Waals surface area contributed by atoms with Crippen LogP contribution in [0.2, 0.25) is 0 Å². The zero-order valence-electron chi connectivity index (χ0n) is 16.6. The van der Waals surface area contributed by atoms with Crippen LogP contribution in [-0.2, 0) is 17.8 Å². The van der Waals surface area contributed by atoms with Gasteiger partial charge in [0, 0.05) is 23.1 Å². The van der Waals surface area contributed by atoms with Gasteiger partial charge in [-0.05, 0) is 30.7 Å². The minimum Gasteiger partial charge on any atom is -0.372 e. The van der Waals surface area contributed by atoms with Gasteiger partial charge in [0.1, 0.15) is 4.83 Å².